The molecule has 2 aliphatic rings. The molecule has 2 aromatic rings. The molecule has 160 valence electrons. The summed E-state index contributed by atoms with van der Waals surface area (Å²) in [6.07, 6.45) is 1.80. The monoisotopic (exact) mass is 439 g/mol. The van der Waals surface area contributed by atoms with Gasteiger partial charge < -0.3 is 9.80 Å². The number of para-hydroxylation sites is 1. The maximum Gasteiger partial charge on any atom is 0.328 e. The van der Waals surface area contributed by atoms with E-state index in [9.17, 15) is 18.8 Å². The van der Waals surface area contributed by atoms with Gasteiger partial charge in [-0.3, -0.25) is 14.5 Å². The van der Waals surface area contributed by atoms with Gasteiger partial charge in [0.1, 0.15) is 17.6 Å². The van der Waals surface area contributed by atoms with Crippen molar-refractivity contribution in [3.05, 3.63) is 77.5 Å². The van der Waals surface area contributed by atoms with Gasteiger partial charge in [-0.1, -0.05) is 36.4 Å². The number of fused-ring (bicyclic) bond motifs is 1. The van der Waals surface area contributed by atoms with Crippen LogP contribution in [-0.2, 0) is 16.1 Å². The normalized spacial score (nSPS) is 20.2. The first-order valence-corrected chi connectivity index (χ1v) is 11.0. The van der Waals surface area contributed by atoms with Crippen LogP contribution in [0.3, 0.4) is 0 Å². The molecule has 0 aliphatic carbocycles. The van der Waals surface area contributed by atoms with Gasteiger partial charge >= 0.3 is 6.03 Å². The number of carbonyl (C=O) groups is 3. The molecule has 31 heavy (non-hydrogen) atoms. The van der Waals surface area contributed by atoms with Crippen LogP contribution >= 0.6 is 11.8 Å². The molecule has 2 atom stereocenters. The molecular formula is C23H22FN3O3S. The summed E-state index contributed by atoms with van der Waals surface area (Å²) in [7, 11) is 0. The third-order valence-electron chi connectivity index (χ3n) is 5.40. The highest BCUT2D eigenvalue weighted by Gasteiger charge is 2.47. The number of carbonyl (C=O) groups excluding carboxylic acids is 3. The second-order valence-electron chi connectivity index (χ2n) is 7.31. The van der Waals surface area contributed by atoms with Crippen molar-refractivity contribution >= 4 is 35.3 Å². The lowest BCUT2D eigenvalue weighted by Crippen LogP contribution is -2.63. The predicted octanol–water partition coefficient (Wildman–Crippen LogP) is 3.64. The van der Waals surface area contributed by atoms with E-state index >= 15 is 0 Å². The third-order valence-corrected chi connectivity index (χ3v) is 6.49. The minimum Gasteiger partial charge on any atom is -0.311 e. The van der Waals surface area contributed by atoms with Crippen molar-refractivity contribution in [2.75, 3.05) is 18.0 Å². The Labute approximate surface area is 184 Å². The number of hydrogen-bond donors (Lipinski definition) is 0. The number of nitrogens with zero attached hydrogens (tertiary/aromatic N) is 3. The maximum atomic E-state index is 13.3. The number of amides is 4. The van der Waals surface area contributed by atoms with Crippen molar-refractivity contribution in [2.45, 2.75) is 24.8 Å². The molecule has 0 bridgehead atoms. The molecule has 0 spiro atoms. The van der Waals surface area contributed by atoms with E-state index in [0.717, 1.165) is 10.6 Å². The van der Waals surface area contributed by atoms with Crippen LogP contribution in [0.4, 0.5) is 14.9 Å². The summed E-state index contributed by atoms with van der Waals surface area (Å²) >= 11 is 1.34. The topological polar surface area (TPSA) is 60.9 Å². The summed E-state index contributed by atoms with van der Waals surface area (Å²) in [6.45, 7) is 2.23. The van der Waals surface area contributed by atoms with Crippen LogP contribution in [0.25, 0.3) is 0 Å². The van der Waals surface area contributed by atoms with E-state index in [-0.39, 0.29) is 30.7 Å². The van der Waals surface area contributed by atoms with E-state index in [2.05, 4.69) is 0 Å². The lowest BCUT2D eigenvalue weighted by Gasteiger charge is -2.41. The van der Waals surface area contributed by atoms with Crippen LogP contribution in [0, 0.1) is 5.82 Å². The Morgan fingerprint density at radius 2 is 1.81 bits per heavy atom. The van der Waals surface area contributed by atoms with Crippen LogP contribution in [0.1, 0.15) is 12.5 Å². The SMILES string of the molecule is CCN(C(=O)CN1C(=O)N(Cc2ccc(F)cc2)C(=O)C2SC=CC21)c1ccccc1. The van der Waals surface area contributed by atoms with Crippen molar-refractivity contribution in [1.29, 1.82) is 0 Å². The van der Waals surface area contributed by atoms with Crippen LogP contribution in [-0.4, -0.2) is 52.0 Å². The summed E-state index contributed by atoms with van der Waals surface area (Å²) in [6, 6.07) is 14.0. The fraction of sp³-hybridized carbons (Fsp3) is 0.261. The number of urea groups is 1. The van der Waals surface area contributed by atoms with Crippen LogP contribution in [0.15, 0.2) is 66.1 Å². The van der Waals surface area contributed by atoms with Gasteiger partial charge in [0.15, 0.2) is 0 Å². The Balaban J connectivity index is 1.57. The molecular weight excluding hydrogens is 417 g/mol. The highest BCUT2D eigenvalue weighted by Crippen LogP contribution is 2.35. The van der Waals surface area contributed by atoms with Crippen molar-refractivity contribution in [3.63, 3.8) is 0 Å². The van der Waals surface area contributed by atoms with Crippen molar-refractivity contribution in [1.82, 2.24) is 9.80 Å². The zero-order valence-electron chi connectivity index (χ0n) is 17.0. The Bertz CT molecular complexity index is 1010. The van der Waals surface area contributed by atoms with E-state index < -0.39 is 17.3 Å². The second-order valence-corrected chi connectivity index (χ2v) is 8.36. The van der Waals surface area contributed by atoms with Crippen molar-refractivity contribution < 1.29 is 18.8 Å². The van der Waals surface area contributed by atoms with Gasteiger partial charge in [-0.15, -0.1) is 11.8 Å². The Morgan fingerprint density at radius 3 is 2.48 bits per heavy atom. The van der Waals surface area contributed by atoms with Crippen LogP contribution < -0.4 is 4.90 Å². The largest absolute Gasteiger partial charge is 0.328 e. The molecule has 8 heteroatoms. The Hall–Kier alpha value is -3.13. The quantitative estimate of drug-likeness (QED) is 0.690. The molecule has 0 N–H and O–H groups in total. The Morgan fingerprint density at radius 1 is 1.10 bits per heavy atom. The van der Waals surface area contributed by atoms with E-state index in [4.69, 9.17) is 0 Å². The average Bonchev–Trinajstić information content (AvgIpc) is 3.27. The number of rotatable bonds is 6. The smallest absolute Gasteiger partial charge is 0.311 e. The van der Waals surface area contributed by atoms with Gasteiger partial charge in [-0.2, -0.15) is 0 Å². The fourth-order valence-electron chi connectivity index (χ4n) is 3.83. The minimum absolute atomic E-state index is 0.0304. The fourth-order valence-corrected chi connectivity index (χ4v) is 4.89. The zero-order valence-corrected chi connectivity index (χ0v) is 17.8. The minimum atomic E-state index is -0.514. The highest BCUT2D eigenvalue weighted by molar-refractivity contribution is 8.03. The van der Waals surface area contributed by atoms with Crippen molar-refractivity contribution in [3.8, 4) is 0 Å². The first-order chi connectivity index (χ1) is 15.0. The molecule has 4 amide bonds. The molecule has 6 nitrogen and oxygen atoms in total. The van der Waals surface area contributed by atoms with Gasteiger partial charge in [0.2, 0.25) is 11.8 Å². The lowest BCUT2D eigenvalue weighted by molar-refractivity contribution is -0.133. The van der Waals surface area contributed by atoms with Crippen LogP contribution in [0.2, 0.25) is 0 Å². The first-order valence-electron chi connectivity index (χ1n) is 10.0. The van der Waals surface area contributed by atoms with E-state index in [0.29, 0.717) is 12.1 Å². The maximum absolute atomic E-state index is 13.3. The molecule has 0 aromatic heterocycles. The number of likely N-dealkylation sites (N-methyl/N-ethyl adjacent to an activating group) is 1. The lowest BCUT2D eigenvalue weighted by atomic mass is 10.1. The highest BCUT2D eigenvalue weighted by atomic mass is 32.2. The summed E-state index contributed by atoms with van der Waals surface area (Å²) in [5, 5.41) is 1.31. The van der Waals surface area contributed by atoms with Gasteiger partial charge in [0.25, 0.3) is 0 Å². The summed E-state index contributed by atoms with van der Waals surface area (Å²) in [5.74, 6) is -0.904. The summed E-state index contributed by atoms with van der Waals surface area (Å²) in [4.78, 5) is 43.6. The summed E-state index contributed by atoms with van der Waals surface area (Å²) < 4.78 is 13.2. The van der Waals surface area contributed by atoms with Crippen molar-refractivity contribution in [2.24, 2.45) is 0 Å². The first kappa shape index (κ1) is 21.1. The molecule has 2 heterocycles. The number of imide groups is 1. The number of thioether (sulfide) groups is 1. The Kier molecular flexibility index (Phi) is 6.08. The number of anilines is 1. The van der Waals surface area contributed by atoms with Gasteiger partial charge in [0, 0.05) is 12.2 Å². The third kappa shape index (κ3) is 4.20. The molecule has 0 saturated carbocycles. The zero-order chi connectivity index (χ0) is 22.0. The van der Waals surface area contributed by atoms with Gasteiger partial charge in [-0.05, 0) is 42.2 Å². The van der Waals surface area contributed by atoms with Gasteiger partial charge in [-0.25, -0.2) is 9.18 Å². The summed E-state index contributed by atoms with van der Waals surface area (Å²) in [5.41, 5.74) is 1.40. The molecule has 2 aromatic carbocycles. The molecule has 0 radical (unpaired) electrons. The molecule has 4 rings (SSSR count). The van der Waals surface area contributed by atoms with E-state index in [1.54, 1.807) is 28.5 Å². The molecule has 1 saturated heterocycles. The second kappa shape index (κ2) is 8.93. The van der Waals surface area contributed by atoms with E-state index in [1.165, 1.54) is 28.8 Å². The molecule has 2 aliphatic heterocycles. The average molecular weight is 440 g/mol. The predicted molar refractivity (Wildman–Crippen MR) is 118 cm³/mol. The van der Waals surface area contributed by atoms with Gasteiger partial charge in [0.05, 0.1) is 12.6 Å². The van der Waals surface area contributed by atoms with E-state index in [1.807, 2.05) is 37.3 Å². The molecule has 2 unspecified atom stereocenters. The van der Waals surface area contributed by atoms with Crippen LogP contribution in [0.5, 0.6) is 0 Å². The number of benzene rings is 2. The number of halogens is 1. The number of hydrogen-bond acceptors (Lipinski definition) is 4. The molecule has 1 fully saturated rings. The standard InChI is InChI=1S/C23H22FN3O3S/c1-2-25(18-6-4-3-5-7-18)20(28)15-26-19-12-13-31-21(19)22(29)27(23(26)30)14-16-8-10-17(24)11-9-16/h3-13,19,21H,2,14-15H2,1H3.